The zero-order valence-corrected chi connectivity index (χ0v) is 34.3. The number of aliphatic hydroxyl groups is 1. The largest absolute Gasteiger partial charge is 0.458 e. The van der Waals surface area contributed by atoms with E-state index in [0.717, 1.165) is 17.7 Å². The third-order valence-corrected chi connectivity index (χ3v) is 11.1. The summed E-state index contributed by atoms with van der Waals surface area (Å²) in [5.41, 5.74) is 0.961. The maximum Gasteiger partial charge on any atom is 0.410 e. The molecule has 0 aliphatic carbocycles. The van der Waals surface area contributed by atoms with E-state index in [9.17, 15) is 19.5 Å². The van der Waals surface area contributed by atoms with E-state index < -0.39 is 60.1 Å². The van der Waals surface area contributed by atoms with Crippen LogP contribution in [0.25, 0.3) is 11.4 Å². The Bertz CT molecular complexity index is 1590. The van der Waals surface area contributed by atoms with Crippen molar-refractivity contribution in [2.45, 2.75) is 136 Å². The van der Waals surface area contributed by atoms with Gasteiger partial charge in [0, 0.05) is 50.4 Å². The van der Waals surface area contributed by atoms with Gasteiger partial charge in [-0.15, -0.1) is 5.10 Å². The van der Waals surface area contributed by atoms with Gasteiger partial charge in [0.15, 0.2) is 17.7 Å². The number of amides is 1. The molecule has 2 aliphatic heterocycles. The highest BCUT2D eigenvalue weighted by Crippen LogP contribution is 2.38. The number of hydrogen-bond donors (Lipinski definition) is 2. The second-order valence-electron chi connectivity index (χ2n) is 15.2. The lowest BCUT2D eigenvalue weighted by atomic mass is 9.83. The molecule has 0 saturated carbocycles. The molecule has 2 aromatic rings. The smallest absolute Gasteiger partial charge is 0.410 e. The van der Waals surface area contributed by atoms with Crippen molar-refractivity contribution in [3.8, 4) is 11.4 Å². The van der Waals surface area contributed by atoms with Crippen molar-refractivity contribution in [3.05, 3.63) is 42.2 Å². The third kappa shape index (κ3) is 10.4. The number of aromatic nitrogens is 4. The second-order valence-corrected chi connectivity index (χ2v) is 15.2. The predicted molar refractivity (Wildman–Crippen MR) is 207 cm³/mol. The maximum atomic E-state index is 14.0. The molecule has 1 fully saturated rings. The molecular weight excluding hydrogens is 706 g/mol. The molecule has 15 heteroatoms. The number of aryl methyl sites for hydroxylation is 1. The molecule has 4 rings (SSSR count). The summed E-state index contributed by atoms with van der Waals surface area (Å²) in [6.45, 7) is 16.3. The van der Waals surface area contributed by atoms with Crippen molar-refractivity contribution in [2.24, 2.45) is 11.8 Å². The zero-order valence-electron chi connectivity index (χ0n) is 34.3. The van der Waals surface area contributed by atoms with E-state index >= 15 is 0 Å². The molecule has 306 valence electrons. The third-order valence-electron chi connectivity index (χ3n) is 11.1. The van der Waals surface area contributed by atoms with Crippen LogP contribution in [0.1, 0.15) is 81.1 Å². The molecule has 10 atom stereocenters. The zero-order chi connectivity index (χ0) is 40.4. The molecule has 4 heterocycles. The van der Waals surface area contributed by atoms with Crippen molar-refractivity contribution in [1.82, 2.24) is 35.1 Å². The Morgan fingerprint density at radius 3 is 2.45 bits per heavy atom. The summed E-state index contributed by atoms with van der Waals surface area (Å²) in [4.78, 5) is 49.5. The molecule has 2 unspecified atom stereocenters. The number of fused-ring (bicyclic) bond motifs is 1. The van der Waals surface area contributed by atoms with Crippen LogP contribution in [0.5, 0.6) is 0 Å². The molecule has 0 radical (unpaired) electrons. The van der Waals surface area contributed by atoms with Crippen LogP contribution in [0.4, 0.5) is 4.79 Å². The average molecular weight is 770 g/mol. The number of rotatable bonds is 15. The molecule has 0 aromatic carbocycles. The number of carbonyl (C=O) groups is 3. The van der Waals surface area contributed by atoms with Gasteiger partial charge in [0.2, 0.25) is 0 Å². The highest BCUT2D eigenvalue weighted by Gasteiger charge is 2.58. The topological polar surface area (TPSA) is 170 Å². The number of Topliss-reactive ketones (excluding diaryl/α,β-unsaturated/α-hetero) is 1. The minimum atomic E-state index is -1.20. The quantitative estimate of drug-likeness (QED) is 0.0868. The van der Waals surface area contributed by atoms with Gasteiger partial charge in [-0.1, -0.05) is 38.1 Å². The number of nitrogens with one attached hydrogen (secondary N) is 1. The second kappa shape index (κ2) is 19.9. The fourth-order valence-electron chi connectivity index (χ4n) is 7.96. The molecule has 0 spiro atoms. The van der Waals surface area contributed by atoms with E-state index in [-0.39, 0.29) is 24.5 Å². The Morgan fingerprint density at radius 1 is 1.09 bits per heavy atom. The Balaban J connectivity index is 1.58. The van der Waals surface area contributed by atoms with Gasteiger partial charge in [0.1, 0.15) is 23.8 Å². The van der Waals surface area contributed by atoms with E-state index in [1.54, 1.807) is 22.7 Å². The van der Waals surface area contributed by atoms with Crippen molar-refractivity contribution in [3.63, 3.8) is 0 Å². The van der Waals surface area contributed by atoms with E-state index in [1.807, 2.05) is 91.0 Å². The van der Waals surface area contributed by atoms with Gasteiger partial charge in [0.05, 0.1) is 24.0 Å². The van der Waals surface area contributed by atoms with Crippen LogP contribution < -0.4 is 5.32 Å². The summed E-state index contributed by atoms with van der Waals surface area (Å²) in [7, 11) is 3.77. The summed E-state index contributed by atoms with van der Waals surface area (Å²) in [5.74, 6) is -2.98. The van der Waals surface area contributed by atoms with Crippen LogP contribution in [0.2, 0.25) is 0 Å². The maximum absolute atomic E-state index is 14.0. The highest BCUT2D eigenvalue weighted by molar-refractivity contribution is 6.00. The number of nitrogens with zero attached hydrogens (tertiary/aromatic N) is 6. The fourth-order valence-corrected chi connectivity index (χ4v) is 7.96. The summed E-state index contributed by atoms with van der Waals surface area (Å²) >= 11 is 0. The van der Waals surface area contributed by atoms with Crippen LogP contribution in [0.3, 0.4) is 0 Å². The lowest BCUT2D eigenvalue weighted by Crippen LogP contribution is -2.60. The highest BCUT2D eigenvalue weighted by atomic mass is 16.7. The monoisotopic (exact) mass is 769 g/mol. The van der Waals surface area contributed by atoms with E-state index in [4.69, 9.17) is 18.9 Å². The minimum absolute atomic E-state index is 0.256. The minimum Gasteiger partial charge on any atom is -0.458 e. The first-order valence-electron chi connectivity index (χ1n) is 19.7. The number of likely N-dealkylation sites (N-methyl/N-ethyl adjacent to an activating group) is 1. The molecule has 15 nitrogen and oxygen atoms in total. The molecular formula is C40H63N7O8. The first kappa shape index (κ1) is 44.0. The molecule has 2 N–H and O–H groups in total. The number of pyridine rings is 1. The number of ketones is 1. The Labute approximate surface area is 326 Å². The normalized spacial score (nSPS) is 29.5. The number of hydrogen-bond acceptors (Lipinski definition) is 13. The van der Waals surface area contributed by atoms with E-state index in [2.05, 4.69) is 20.6 Å². The lowest BCUT2D eigenvalue weighted by molar-refractivity contribution is -0.225. The number of ether oxygens (including phenoxy) is 4. The average Bonchev–Trinajstić information content (AvgIpc) is 3.74. The summed E-state index contributed by atoms with van der Waals surface area (Å²) in [6, 6.07) is 4.57. The fraction of sp³-hybridized carbons (Fsp3) is 0.700. The first-order valence-corrected chi connectivity index (χ1v) is 19.7. The predicted octanol–water partition coefficient (Wildman–Crippen LogP) is 4.25. The van der Waals surface area contributed by atoms with Crippen LogP contribution in [0, 0.1) is 11.8 Å². The van der Waals surface area contributed by atoms with Crippen molar-refractivity contribution in [2.75, 3.05) is 33.8 Å². The van der Waals surface area contributed by atoms with Crippen LogP contribution in [-0.2, 0) is 35.1 Å². The van der Waals surface area contributed by atoms with Gasteiger partial charge >= 0.3 is 12.1 Å². The van der Waals surface area contributed by atoms with Crippen molar-refractivity contribution >= 4 is 17.8 Å². The summed E-state index contributed by atoms with van der Waals surface area (Å²) in [6.07, 6.45) is 3.76. The van der Waals surface area contributed by atoms with Crippen molar-refractivity contribution < 1.29 is 38.4 Å². The first-order chi connectivity index (χ1) is 26.2. The Morgan fingerprint density at radius 2 is 1.82 bits per heavy atom. The SMILES string of the molecule is CCO[C@@H](O[C@H]1/C(C)=C/CN[C@H](C)[C@H]2N(CCCCn3cc(-c4ccccn4)nn3)C(=O)O[C@]2(C)[C@@H](CC)OC(=O)[C@H](C)C(=O)[C@@H]1C)C(O)C(CC)N(C)C. The Hall–Kier alpha value is -3.76. The van der Waals surface area contributed by atoms with Crippen LogP contribution in [-0.4, -0.2) is 135 Å². The standard InChI is InChI=1S/C40H63N7O8/c1-11-31(45(9)10)34(49)38(52-13-3)54-35-25(4)19-21-41-28(7)36-40(8,32(12-2)53-37(50)27(6)33(48)26(35)5)55-39(51)47(36)23-17-16-22-46-24-30(43-44-46)29-18-14-15-20-42-29/h14-15,18-20,24,26-28,31-32,34-36,38,41,49H,11-13,16-17,21-23H2,1-10H3/b25-19+/t26-,27+,28+,31?,32+,34?,35-,36+,38-,40+/m0/s1. The van der Waals surface area contributed by atoms with Crippen LogP contribution in [0.15, 0.2) is 42.2 Å². The summed E-state index contributed by atoms with van der Waals surface area (Å²) in [5, 5.41) is 23.5. The Kier molecular flexibility index (Phi) is 15.9. The summed E-state index contributed by atoms with van der Waals surface area (Å²) < 4.78 is 26.5. The molecule has 1 amide bonds. The molecule has 0 bridgehead atoms. The van der Waals surface area contributed by atoms with Gasteiger partial charge in [0.25, 0.3) is 0 Å². The molecule has 2 aliphatic rings. The number of aliphatic hydroxyl groups excluding tert-OH is 1. The number of carbonyl (C=O) groups excluding carboxylic acids is 3. The van der Waals surface area contributed by atoms with Gasteiger partial charge < -0.3 is 34.3 Å². The van der Waals surface area contributed by atoms with Crippen LogP contribution >= 0.6 is 0 Å². The molecule has 2 aromatic heterocycles. The number of cyclic esters (lactones) is 1. The lowest BCUT2D eigenvalue weighted by Gasteiger charge is -2.41. The van der Waals surface area contributed by atoms with Gasteiger partial charge in [-0.25, -0.2) is 4.79 Å². The number of unbranched alkanes of at least 4 members (excludes halogenated alkanes) is 1. The van der Waals surface area contributed by atoms with Gasteiger partial charge in [-0.2, -0.15) is 0 Å². The number of esters is 1. The van der Waals surface area contributed by atoms with Crippen molar-refractivity contribution in [1.29, 1.82) is 0 Å². The molecule has 55 heavy (non-hydrogen) atoms. The van der Waals surface area contributed by atoms with E-state index in [0.29, 0.717) is 44.6 Å². The van der Waals surface area contributed by atoms with Gasteiger partial charge in [-0.05, 0) is 92.1 Å². The molecule has 1 saturated heterocycles. The van der Waals surface area contributed by atoms with E-state index in [1.165, 1.54) is 6.92 Å². The van der Waals surface area contributed by atoms with Gasteiger partial charge in [-0.3, -0.25) is 24.2 Å².